The van der Waals surface area contributed by atoms with E-state index in [0.29, 0.717) is 19.0 Å². The van der Waals surface area contributed by atoms with Crippen molar-refractivity contribution in [3.05, 3.63) is 0 Å². The van der Waals surface area contributed by atoms with Crippen molar-refractivity contribution in [3.8, 4) is 0 Å². The average molecular weight is 275 g/mol. The van der Waals surface area contributed by atoms with Crippen LogP contribution >= 0.6 is 0 Å². The van der Waals surface area contributed by atoms with Gasteiger partial charge in [0.15, 0.2) is 0 Å². The summed E-state index contributed by atoms with van der Waals surface area (Å²) in [6.07, 6.45) is 1.63. The van der Waals surface area contributed by atoms with Crippen LogP contribution in [-0.2, 0) is 19.8 Å². The highest BCUT2D eigenvalue weighted by Crippen LogP contribution is 2.20. The highest BCUT2D eigenvalue weighted by atomic mass is 32.2. The number of amides is 2. The van der Waals surface area contributed by atoms with Gasteiger partial charge in [-0.3, -0.25) is 14.9 Å². The molecular formula is C10H17N3O4S. The van der Waals surface area contributed by atoms with Gasteiger partial charge in [-0.15, -0.1) is 0 Å². The van der Waals surface area contributed by atoms with Crippen LogP contribution in [0.5, 0.6) is 0 Å². The second-order valence-corrected chi connectivity index (χ2v) is 6.76. The lowest BCUT2D eigenvalue weighted by Crippen LogP contribution is -2.57. The summed E-state index contributed by atoms with van der Waals surface area (Å²) in [4.78, 5) is 22.4. The molecule has 2 aliphatic heterocycles. The molecule has 0 aromatic rings. The van der Waals surface area contributed by atoms with Gasteiger partial charge in [0.05, 0.1) is 13.1 Å². The molecule has 102 valence electrons. The molecule has 2 aliphatic rings. The van der Waals surface area contributed by atoms with Gasteiger partial charge in [0.2, 0.25) is 11.8 Å². The number of piperazine rings is 1. The fraction of sp³-hybridized carbons (Fsp3) is 0.800. The lowest BCUT2D eigenvalue weighted by molar-refractivity contribution is -0.134. The Morgan fingerprint density at radius 2 is 1.56 bits per heavy atom. The van der Waals surface area contributed by atoms with Gasteiger partial charge >= 0.3 is 0 Å². The fourth-order valence-corrected chi connectivity index (χ4v) is 3.71. The van der Waals surface area contributed by atoms with E-state index in [9.17, 15) is 18.0 Å². The molecule has 0 saturated carbocycles. The molecule has 0 aromatic heterocycles. The average Bonchev–Trinajstić information content (AvgIpc) is 2.28. The summed E-state index contributed by atoms with van der Waals surface area (Å²) in [7, 11) is -3.69. The molecule has 2 heterocycles. The van der Waals surface area contributed by atoms with Crippen LogP contribution in [0.25, 0.3) is 0 Å². The van der Waals surface area contributed by atoms with Gasteiger partial charge in [-0.2, -0.15) is 17.0 Å². The molecule has 0 unspecified atom stereocenters. The Hall–Kier alpha value is -0.990. The first-order chi connectivity index (χ1) is 8.39. The van der Waals surface area contributed by atoms with Gasteiger partial charge in [-0.05, 0) is 18.8 Å². The molecule has 7 nitrogen and oxygen atoms in total. The van der Waals surface area contributed by atoms with Crippen molar-refractivity contribution in [3.63, 3.8) is 0 Å². The molecule has 1 N–H and O–H groups in total. The molecule has 2 saturated heterocycles. The van der Waals surface area contributed by atoms with Crippen molar-refractivity contribution < 1.29 is 18.0 Å². The second-order valence-electron chi connectivity index (χ2n) is 4.83. The maximum Gasteiger partial charge on any atom is 0.282 e. The number of nitrogens with zero attached hydrogens (tertiary/aromatic N) is 2. The molecule has 2 rings (SSSR count). The van der Waals surface area contributed by atoms with Gasteiger partial charge in [-0.25, -0.2) is 0 Å². The van der Waals surface area contributed by atoms with Crippen molar-refractivity contribution in [2.75, 3.05) is 26.2 Å². The van der Waals surface area contributed by atoms with Crippen LogP contribution in [0.2, 0.25) is 0 Å². The number of carbonyl (C=O) groups excluding carboxylic acids is 2. The van der Waals surface area contributed by atoms with Crippen LogP contribution in [0.4, 0.5) is 0 Å². The Kier molecular flexibility index (Phi) is 3.69. The Morgan fingerprint density at radius 1 is 1.06 bits per heavy atom. The third-order valence-electron chi connectivity index (χ3n) is 3.31. The summed E-state index contributed by atoms with van der Waals surface area (Å²) in [5.74, 6) is -0.622. The highest BCUT2D eigenvalue weighted by Gasteiger charge is 2.36. The van der Waals surface area contributed by atoms with E-state index in [-0.39, 0.29) is 13.1 Å². The predicted octanol–water partition coefficient (Wildman–Crippen LogP) is -1.08. The standard InChI is InChI=1S/C10H17N3O4S/c1-8-2-4-12(5-3-8)18(16,17)13-6-9(14)11-10(15)7-13/h8H,2-7H2,1H3,(H,11,14,15). The smallest absolute Gasteiger partial charge is 0.282 e. The minimum absolute atomic E-state index is 0.278. The van der Waals surface area contributed by atoms with Gasteiger partial charge in [0.25, 0.3) is 10.2 Å². The summed E-state index contributed by atoms with van der Waals surface area (Å²) >= 11 is 0. The number of piperidine rings is 1. The van der Waals surface area contributed by atoms with Crippen LogP contribution in [0.15, 0.2) is 0 Å². The van der Waals surface area contributed by atoms with Gasteiger partial charge < -0.3 is 0 Å². The largest absolute Gasteiger partial charge is 0.294 e. The molecule has 2 fully saturated rings. The quantitative estimate of drug-likeness (QED) is 0.650. The Morgan fingerprint density at radius 3 is 2.06 bits per heavy atom. The number of hydrogen-bond donors (Lipinski definition) is 1. The predicted molar refractivity (Wildman–Crippen MR) is 63.6 cm³/mol. The van der Waals surface area contributed by atoms with E-state index in [2.05, 4.69) is 12.2 Å². The minimum atomic E-state index is -3.69. The van der Waals surface area contributed by atoms with Crippen molar-refractivity contribution in [2.45, 2.75) is 19.8 Å². The third kappa shape index (κ3) is 2.70. The number of nitrogens with one attached hydrogen (secondary N) is 1. The number of hydrogen-bond acceptors (Lipinski definition) is 4. The summed E-state index contributed by atoms with van der Waals surface area (Å²) in [6, 6.07) is 0. The molecule has 8 heteroatoms. The zero-order valence-corrected chi connectivity index (χ0v) is 11.1. The molecule has 2 amide bonds. The number of imide groups is 1. The Balaban J connectivity index is 2.10. The third-order valence-corrected chi connectivity index (χ3v) is 5.24. The van der Waals surface area contributed by atoms with Crippen LogP contribution < -0.4 is 5.32 Å². The zero-order valence-electron chi connectivity index (χ0n) is 10.3. The molecule has 0 aromatic carbocycles. The van der Waals surface area contributed by atoms with Gasteiger partial charge in [0.1, 0.15) is 0 Å². The topological polar surface area (TPSA) is 86.8 Å². The summed E-state index contributed by atoms with van der Waals surface area (Å²) in [6.45, 7) is 2.44. The van der Waals surface area contributed by atoms with Crippen LogP contribution in [0.3, 0.4) is 0 Å². The van der Waals surface area contributed by atoms with Crippen molar-refractivity contribution in [2.24, 2.45) is 5.92 Å². The van der Waals surface area contributed by atoms with E-state index in [4.69, 9.17) is 0 Å². The van der Waals surface area contributed by atoms with Crippen LogP contribution in [0.1, 0.15) is 19.8 Å². The van der Waals surface area contributed by atoms with E-state index < -0.39 is 22.0 Å². The molecule has 0 spiro atoms. The van der Waals surface area contributed by atoms with Crippen molar-refractivity contribution in [1.29, 1.82) is 0 Å². The lowest BCUT2D eigenvalue weighted by Gasteiger charge is -2.34. The monoisotopic (exact) mass is 275 g/mol. The molecule has 0 bridgehead atoms. The van der Waals surface area contributed by atoms with E-state index in [1.54, 1.807) is 0 Å². The number of rotatable bonds is 2. The first-order valence-corrected chi connectivity index (χ1v) is 7.37. The maximum absolute atomic E-state index is 12.3. The SMILES string of the molecule is CC1CCN(S(=O)(=O)N2CC(=O)NC(=O)C2)CC1. The highest BCUT2D eigenvalue weighted by molar-refractivity contribution is 7.86. The fourth-order valence-electron chi connectivity index (χ4n) is 2.15. The molecule has 0 atom stereocenters. The van der Waals surface area contributed by atoms with E-state index in [1.807, 2.05) is 0 Å². The minimum Gasteiger partial charge on any atom is -0.294 e. The molecule has 18 heavy (non-hydrogen) atoms. The summed E-state index contributed by atoms with van der Waals surface area (Å²) in [5, 5.41) is 2.09. The normalized spacial score (nSPS) is 25.2. The zero-order chi connectivity index (χ0) is 13.3. The molecule has 0 radical (unpaired) electrons. The molecular weight excluding hydrogens is 258 g/mol. The first kappa shape index (κ1) is 13.4. The van der Waals surface area contributed by atoms with E-state index in [0.717, 1.165) is 17.1 Å². The van der Waals surface area contributed by atoms with Gasteiger partial charge in [-0.1, -0.05) is 6.92 Å². The Bertz CT molecular complexity index is 438. The van der Waals surface area contributed by atoms with E-state index >= 15 is 0 Å². The van der Waals surface area contributed by atoms with Crippen molar-refractivity contribution >= 4 is 22.0 Å². The maximum atomic E-state index is 12.3. The van der Waals surface area contributed by atoms with Gasteiger partial charge in [0, 0.05) is 13.1 Å². The lowest BCUT2D eigenvalue weighted by atomic mass is 10.0. The summed E-state index contributed by atoms with van der Waals surface area (Å²) < 4.78 is 26.8. The second kappa shape index (κ2) is 4.94. The Labute approximate surface area is 106 Å². The van der Waals surface area contributed by atoms with Crippen LogP contribution in [-0.4, -0.2) is 55.0 Å². The van der Waals surface area contributed by atoms with Crippen LogP contribution in [0, 0.1) is 5.92 Å². The van der Waals surface area contributed by atoms with Crippen molar-refractivity contribution in [1.82, 2.24) is 13.9 Å². The first-order valence-electron chi connectivity index (χ1n) is 5.97. The molecule has 0 aliphatic carbocycles. The summed E-state index contributed by atoms with van der Waals surface area (Å²) in [5.41, 5.74) is 0. The van der Waals surface area contributed by atoms with E-state index in [1.165, 1.54) is 4.31 Å². The number of carbonyl (C=O) groups is 2.